The van der Waals surface area contributed by atoms with Crippen LogP contribution in [0.25, 0.3) is 11.0 Å². The summed E-state index contributed by atoms with van der Waals surface area (Å²) in [5, 5.41) is 5.01. The number of amides is 4. The molecule has 3 N–H and O–H groups in total. The van der Waals surface area contributed by atoms with Gasteiger partial charge >= 0.3 is 12.0 Å². The molecule has 2 saturated carbocycles. The van der Waals surface area contributed by atoms with E-state index in [2.05, 4.69) is 20.6 Å². The summed E-state index contributed by atoms with van der Waals surface area (Å²) in [5.74, 6) is -10.1. The number of alkyl halides is 4. The molecule has 0 spiro atoms. The van der Waals surface area contributed by atoms with E-state index in [0.29, 0.717) is 18.2 Å². The third kappa shape index (κ3) is 8.84. The van der Waals surface area contributed by atoms with E-state index >= 15 is 8.78 Å². The number of cyclic esters (lactones) is 1. The number of halogens is 4. The Balaban J connectivity index is 1.45. The first-order chi connectivity index (χ1) is 28.0. The van der Waals surface area contributed by atoms with E-state index in [4.69, 9.17) is 14.2 Å². The summed E-state index contributed by atoms with van der Waals surface area (Å²) in [5.41, 5.74) is -4.03. The highest BCUT2D eigenvalue weighted by Gasteiger charge is 2.68. The first-order valence-corrected chi connectivity index (χ1v) is 21.5. The Kier molecular flexibility index (Phi) is 12.1. The van der Waals surface area contributed by atoms with Gasteiger partial charge in [-0.25, -0.2) is 32.0 Å². The zero-order valence-electron chi connectivity index (χ0n) is 34.5. The second kappa shape index (κ2) is 16.3. The fraction of sp³-hybridized carbons (Fsp3) is 0.650. The van der Waals surface area contributed by atoms with Crippen molar-refractivity contribution in [1.29, 1.82) is 0 Å². The average molecular weight is 869 g/mol. The van der Waals surface area contributed by atoms with Crippen LogP contribution in [-0.4, -0.2) is 102 Å². The first-order valence-electron chi connectivity index (χ1n) is 20.0. The SMILES string of the molecule is CC[C@@H]1[C@@H]2CN(C(=O)[C@H](C(C)(C)C)NC(=O)O[C@H](C)CCC/C=C/C(F)(F)c3nc4ccc(OC)cc4nc3O2)[C@@H]1C(=O)N[C@]1(C(=O)NS(=O)(=O)C2(C)CC2)C[C@H]1C(F)F. The van der Waals surface area contributed by atoms with Gasteiger partial charge in [0.15, 0.2) is 5.69 Å². The van der Waals surface area contributed by atoms with E-state index in [0.717, 1.165) is 4.90 Å². The number of benzene rings is 1. The molecule has 2 aromatic rings. The molecule has 330 valence electrons. The minimum absolute atomic E-state index is 0.0321. The summed E-state index contributed by atoms with van der Waals surface area (Å²) in [4.78, 5) is 66.1. The van der Waals surface area contributed by atoms with Crippen molar-refractivity contribution in [3.8, 4) is 11.6 Å². The van der Waals surface area contributed by atoms with Crippen LogP contribution in [0.5, 0.6) is 11.6 Å². The highest BCUT2D eigenvalue weighted by molar-refractivity contribution is 7.91. The van der Waals surface area contributed by atoms with Crippen molar-refractivity contribution < 1.29 is 59.4 Å². The van der Waals surface area contributed by atoms with Gasteiger partial charge in [-0.05, 0) is 82.4 Å². The topological polar surface area (TPSA) is 195 Å². The molecular formula is C40H52F4N6O9S. The maximum absolute atomic E-state index is 16.2. The average Bonchev–Trinajstić information content (AvgIpc) is 4.07. The predicted molar refractivity (Wildman–Crippen MR) is 209 cm³/mol. The van der Waals surface area contributed by atoms with Crippen LogP contribution in [0.15, 0.2) is 30.4 Å². The van der Waals surface area contributed by atoms with Crippen molar-refractivity contribution in [2.75, 3.05) is 13.7 Å². The van der Waals surface area contributed by atoms with Crippen LogP contribution in [-0.2, 0) is 35.1 Å². The fourth-order valence-electron chi connectivity index (χ4n) is 7.81. The molecule has 6 rings (SSSR count). The number of hydrogen-bond donors (Lipinski definition) is 3. The van der Waals surface area contributed by atoms with Crippen molar-refractivity contribution in [2.24, 2.45) is 17.3 Å². The minimum Gasteiger partial charge on any atom is -0.497 e. The summed E-state index contributed by atoms with van der Waals surface area (Å²) in [7, 11) is -2.91. The lowest BCUT2D eigenvalue weighted by Gasteiger charge is -2.36. The summed E-state index contributed by atoms with van der Waals surface area (Å²) in [6, 6.07) is 1.46. The molecule has 2 aliphatic carbocycles. The maximum atomic E-state index is 16.2. The zero-order valence-corrected chi connectivity index (χ0v) is 35.3. The number of alkyl carbamates (subject to hydrolysis) is 1. The number of carbonyl (C=O) groups is 4. The van der Waals surface area contributed by atoms with E-state index in [-0.39, 0.29) is 43.1 Å². The van der Waals surface area contributed by atoms with Crippen LogP contribution in [0.2, 0.25) is 0 Å². The molecule has 4 aliphatic rings. The predicted octanol–water partition coefficient (Wildman–Crippen LogP) is 5.12. The van der Waals surface area contributed by atoms with Crippen LogP contribution in [0, 0.1) is 17.3 Å². The summed E-state index contributed by atoms with van der Waals surface area (Å²) >= 11 is 0. The lowest BCUT2D eigenvalue weighted by Crippen LogP contribution is -2.61. The van der Waals surface area contributed by atoms with Gasteiger partial charge in [0.1, 0.15) is 35.6 Å². The van der Waals surface area contributed by atoms with Crippen LogP contribution >= 0.6 is 0 Å². The van der Waals surface area contributed by atoms with E-state index in [9.17, 15) is 36.4 Å². The Hall–Kier alpha value is -4.75. The number of rotatable bonds is 8. The molecule has 20 heteroatoms. The van der Waals surface area contributed by atoms with Gasteiger partial charge in [-0.1, -0.05) is 33.8 Å². The van der Waals surface area contributed by atoms with Gasteiger partial charge in [-0.2, -0.15) is 8.78 Å². The molecule has 0 unspecified atom stereocenters. The maximum Gasteiger partial charge on any atom is 0.408 e. The summed E-state index contributed by atoms with van der Waals surface area (Å²) in [6.45, 7) is 9.13. The molecule has 1 aromatic carbocycles. The fourth-order valence-corrected chi connectivity index (χ4v) is 9.12. The van der Waals surface area contributed by atoms with Gasteiger partial charge in [-0.15, -0.1) is 0 Å². The zero-order chi connectivity index (χ0) is 44.2. The van der Waals surface area contributed by atoms with Crippen LogP contribution in [0.3, 0.4) is 0 Å². The summed E-state index contributed by atoms with van der Waals surface area (Å²) < 4.78 is 105. The normalized spacial score (nSPS) is 29.8. The molecule has 2 bridgehead atoms. The smallest absolute Gasteiger partial charge is 0.408 e. The molecule has 3 heterocycles. The molecule has 1 aromatic heterocycles. The lowest BCUT2D eigenvalue weighted by molar-refractivity contribution is -0.144. The number of aromatic nitrogens is 2. The van der Waals surface area contributed by atoms with Crippen molar-refractivity contribution in [1.82, 2.24) is 30.2 Å². The van der Waals surface area contributed by atoms with Crippen molar-refractivity contribution in [2.45, 2.75) is 133 Å². The number of methoxy groups -OCH3 is 1. The number of sulfonamides is 1. The molecule has 3 fully saturated rings. The van der Waals surface area contributed by atoms with E-state index < -0.39 is 123 Å². The van der Waals surface area contributed by atoms with Gasteiger partial charge in [0, 0.05) is 12.0 Å². The largest absolute Gasteiger partial charge is 0.497 e. The molecule has 4 amide bonds. The Bertz CT molecular complexity index is 2170. The van der Waals surface area contributed by atoms with E-state index in [1.165, 1.54) is 38.3 Å². The molecule has 2 aliphatic heterocycles. The second-order valence-corrected chi connectivity index (χ2v) is 19.7. The number of ether oxygens (including phenoxy) is 3. The third-order valence-electron chi connectivity index (χ3n) is 11.9. The molecule has 1 saturated heterocycles. The molecule has 15 nitrogen and oxygen atoms in total. The number of nitrogens with zero attached hydrogens (tertiary/aromatic N) is 3. The lowest BCUT2D eigenvalue weighted by atomic mass is 9.85. The standard InChI is InChI=1S/C40H52F4N6O9S/c1-8-23-27-20-50(28(23)32(51)48-39(19-24(39)31(41)42)35(53)49-60(55,56)38(6)16-17-38)34(52)30(37(3,4)5)47-36(54)58-21(2)12-10-9-11-15-40(43,44)29-33(59-27)46-26-18-22(57-7)13-14-25(26)45-29/h11,13-15,18,21,23-24,27-28,30-31H,8-10,12,16-17,19-20H2,1-7H3,(H,47,54)(H,48,51)(H,49,53)/b15-11+/t21-,23-,24+,27+,28+,30-,39-/m1/s1. The Labute approximate surface area is 345 Å². The van der Waals surface area contributed by atoms with E-state index in [1.54, 1.807) is 34.6 Å². The Morgan fingerprint density at radius 1 is 1.12 bits per heavy atom. The molecular weight excluding hydrogens is 817 g/mol. The van der Waals surface area contributed by atoms with Gasteiger partial charge in [-0.3, -0.25) is 19.1 Å². The Morgan fingerprint density at radius 3 is 2.42 bits per heavy atom. The van der Waals surface area contributed by atoms with Crippen LogP contribution < -0.4 is 24.8 Å². The quantitative estimate of drug-likeness (QED) is 0.235. The number of carbonyl (C=O) groups excluding carboxylic acids is 4. The minimum atomic E-state index is -4.32. The molecule has 7 atom stereocenters. The van der Waals surface area contributed by atoms with Gasteiger partial charge in [0.05, 0.1) is 35.4 Å². The molecule has 60 heavy (non-hydrogen) atoms. The monoisotopic (exact) mass is 868 g/mol. The number of nitrogens with one attached hydrogen (secondary N) is 3. The number of fused-ring (bicyclic) bond motifs is 4. The first kappa shape index (κ1) is 44.8. The second-order valence-electron chi connectivity index (χ2n) is 17.5. The van der Waals surface area contributed by atoms with Gasteiger partial charge in [0.2, 0.25) is 34.1 Å². The highest BCUT2D eigenvalue weighted by Crippen LogP contribution is 2.50. The third-order valence-corrected chi connectivity index (χ3v) is 14.1. The van der Waals surface area contributed by atoms with Crippen molar-refractivity contribution in [3.63, 3.8) is 0 Å². The summed E-state index contributed by atoms with van der Waals surface area (Å²) in [6.07, 6.45) is -3.40. The van der Waals surface area contributed by atoms with Crippen LogP contribution in [0.1, 0.15) is 92.2 Å². The van der Waals surface area contributed by atoms with Crippen LogP contribution in [0.4, 0.5) is 22.4 Å². The van der Waals surface area contributed by atoms with Gasteiger partial charge in [0.25, 0.3) is 5.91 Å². The number of allylic oxidation sites excluding steroid dienone is 2. The van der Waals surface area contributed by atoms with Crippen molar-refractivity contribution in [3.05, 3.63) is 36.0 Å². The van der Waals surface area contributed by atoms with Crippen molar-refractivity contribution >= 4 is 44.9 Å². The Morgan fingerprint density at radius 2 is 1.82 bits per heavy atom. The van der Waals surface area contributed by atoms with E-state index in [1.807, 2.05) is 4.72 Å². The molecule has 0 radical (unpaired) electrons. The number of hydrogen-bond acceptors (Lipinski definition) is 11. The highest BCUT2D eigenvalue weighted by atomic mass is 32.2. The van der Waals surface area contributed by atoms with Gasteiger partial charge < -0.3 is 29.7 Å².